The lowest BCUT2D eigenvalue weighted by Crippen LogP contribution is -2.51. The lowest BCUT2D eigenvalue weighted by Gasteiger charge is -2.23. The van der Waals surface area contributed by atoms with E-state index in [1.165, 1.54) is 0 Å². The van der Waals surface area contributed by atoms with E-state index in [0.717, 1.165) is 26.1 Å². The maximum atomic E-state index is 11.1. The van der Waals surface area contributed by atoms with E-state index in [9.17, 15) is 4.79 Å². The van der Waals surface area contributed by atoms with Gasteiger partial charge in [-0.25, -0.2) is 4.79 Å². The average Bonchev–Trinajstić information content (AvgIpc) is 2.25. The van der Waals surface area contributed by atoms with Crippen molar-refractivity contribution in [3.05, 3.63) is 0 Å². The smallest absolute Gasteiger partial charge is 0.407 e. The summed E-state index contributed by atoms with van der Waals surface area (Å²) in [6.07, 6.45) is 0.609. The van der Waals surface area contributed by atoms with E-state index in [4.69, 9.17) is 4.74 Å². The molecule has 1 heterocycles. The predicted molar refractivity (Wildman–Crippen MR) is 61.6 cm³/mol. The minimum atomic E-state index is -0.320. The molecule has 1 unspecified atom stereocenters. The van der Waals surface area contributed by atoms with Gasteiger partial charge in [-0.15, -0.1) is 12.4 Å². The van der Waals surface area contributed by atoms with Crippen LogP contribution in [-0.2, 0) is 4.74 Å². The molecule has 0 spiro atoms. The second-order valence-corrected chi connectivity index (χ2v) is 3.38. The van der Waals surface area contributed by atoms with E-state index >= 15 is 0 Å². The first-order chi connectivity index (χ1) is 6.83. The Bertz CT molecular complexity index is 175. The van der Waals surface area contributed by atoms with Crippen molar-refractivity contribution >= 4 is 18.5 Å². The van der Waals surface area contributed by atoms with E-state index in [1.807, 2.05) is 6.92 Å². The summed E-state index contributed by atoms with van der Waals surface area (Å²) in [5.41, 5.74) is 0. The first kappa shape index (κ1) is 14.5. The highest BCUT2D eigenvalue weighted by Crippen LogP contribution is 1.89. The first-order valence-electron chi connectivity index (χ1n) is 5.17. The number of piperazine rings is 1. The molecule has 1 amide bonds. The Kier molecular flexibility index (Phi) is 8.46. The Morgan fingerprint density at radius 3 is 2.93 bits per heavy atom. The monoisotopic (exact) mass is 237 g/mol. The van der Waals surface area contributed by atoms with Gasteiger partial charge in [-0.05, 0) is 6.42 Å². The van der Waals surface area contributed by atoms with Crippen LogP contribution in [-0.4, -0.2) is 44.9 Å². The standard InChI is InChI=1S/C9H19N3O2.ClH/c1-2-3-12-9(13)14-7-8-6-10-4-5-11-8;/h8,10-11H,2-7H2,1H3,(H,12,13);1H. The quantitative estimate of drug-likeness (QED) is 0.650. The maximum Gasteiger partial charge on any atom is 0.407 e. The number of ether oxygens (including phenoxy) is 1. The van der Waals surface area contributed by atoms with Gasteiger partial charge in [-0.3, -0.25) is 0 Å². The van der Waals surface area contributed by atoms with Gasteiger partial charge in [-0.2, -0.15) is 0 Å². The summed E-state index contributed by atoms with van der Waals surface area (Å²) in [7, 11) is 0. The third-order valence-electron chi connectivity index (χ3n) is 2.06. The lowest BCUT2D eigenvalue weighted by atomic mass is 10.2. The van der Waals surface area contributed by atoms with Crippen molar-refractivity contribution in [2.24, 2.45) is 0 Å². The fourth-order valence-electron chi connectivity index (χ4n) is 1.29. The molecular formula is C9H20ClN3O2. The van der Waals surface area contributed by atoms with Crippen LogP contribution < -0.4 is 16.0 Å². The second-order valence-electron chi connectivity index (χ2n) is 3.38. The van der Waals surface area contributed by atoms with Crippen molar-refractivity contribution in [1.82, 2.24) is 16.0 Å². The fourth-order valence-corrected chi connectivity index (χ4v) is 1.29. The molecule has 3 N–H and O–H groups in total. The fraction of sp³-hybridized carbons (Fsp3) is 0.889. The van der Waals surface area contributed by atoms with Gasteiger partial charge in [0.25, 0.3) is 0 Å². The highest BCUT2D eigenvalue weighted by molar-refractivity contribution is 5.85. The van der Waals surface area contributed by atoms with Crippen LogP contribution in [0.3, 0.4) is 0 Å². The minimum absolute atomic E-state index is 0. The van der Waals surface area contributed by atoms with Gasteiger partial charge in [0.15, 0.2) is 0 Å². The zero-order chi connectivity index (χ0) is 10.2. The number of hydrogen-bond acceptors (Lipinski definition) is 4. The SMILES string of the molecule is CCCNC(=O)OCC1CNCCN1.Cl. The molecule has 1 fully saturated rings. The van der Waals surface area contributed by atoms with E-state index in [0.29, 0.717) is 13.2 Å². The highest BCUT2D eigenvalue weighted by atomic mass is 35.5. The van der Waals surface area contributed by atoms with Crippen LogP contribution in [0.25, 0.3) is 0 Å². The summed E-state index contributed by atoms with van der Waals surface area (Å²) in [6, 6.07) is 0.246. The Morgan fingerprint density at radius 1 is 1.53 bits per heavy atom. The molecular weight excluding hydrogens is 218 g/mol. The van der Waals surface area contributed by atoms with E-state index in [-0.39, 0.29) is 24.5 Å². The van der Waals surface area contributed by atoms with Gasteiger partial charge in [-0.1, -0.05) is 6.92 Å². The molecule has 0 bridgehead atoms. The Hall–Kier alpha value is -0.520. The van der Waals surface area contributed by atoms with Crippen LogP contribution in [0.4, 0.5) is 4.79 Å². The minimum Gasteiger partial charge on any atom is -0.448 e. The van der Waals surface area contributed by atoms with Crippen molar-refractivity contribution in [3.8, 4) is 0 Å². The Labute approximate surface area is 96.7 Å². The number of hydrogen-bond donors (Lipinski definition) is 3. The van der Waals surface area contributed by atoms with Gasteiger partial charge in [0.1, 0.15) is 6.61 Å². The normalized spacial score (nSPS) is 20.2. The van der Waals surface area contributed by atoms with Gasteiger partial charge in [0.05, 0.1) is 6.04 Å². The number of carbonyl (C=O) groups is 1. The molecule has 0 aromatic carbocycles. The molecule has 1 rings (SSSR count). The van der Waals surface area contributed by atoms with E-state index < -0.39 is 0 Å². The summed E-state index contributed by atoms with van der Waals surface area (Å²) in [6.45, 7) is 5.90. The van der Waals surface area contributed by atoms with Crippen molar-refractivity contribution in [1.29, 1.82) is 0 Å². The predicted octanol–water partition coefficient (Wildman–Crippen LogP) is 0.106. The largest absolute Gasteiger partial charge is 0.448 e. The molecule has 15 heavy (non-hydrogen) atoms. The molecule has 90 valence electrons. The summed E-state index contributed by atoms with van der Waals surface area (Å²) < 4.78 is 5.03. The summed E-state index contributed by atoms with van der Waals surface area (Å²) in [4.78, 5) is 11.1. The molecule has 0 aliphatic carbocycles. The topological polar surface area (TPSA) is 62.4 Å². The van der Waals surface area contributed by atoms with E-state index in [2.05, 4.69) is 16.0 Å². The number of amides is 1. The molecule has 1 aliphatic heterocycles. The molecule has 0 saturated carbocycles. The van der Waals surface area contributed by atoms with Crippen LogP contribution in [0.1, 0.15) is 13.3 Å². The van der Waals surface area contributed by atoms with Crippen LogP contribution in [0.5, 0.6) is 0 Å². The molecule has 1 saturated heterocycles. The molecule has 0 radical (unpaired) electrons. The van der Waals surface area contributed by atoms with Crippen molar-refractivity contribution in [2.45, 2.75) is 19.4 Å². The van der Waals surface area contributed by atoms with Gasteiger partial charge in [0, 0.05) is 26.2 Å². The number of rotatable bonds is 4. The lowest BCUT2D eigenvalue weighted by molar-refractivity contribution is 0.130. The molecule has 0 aromatic rings. The zero-order valence-electron chi connectivity index (χ0n) is 9.04. The Morgan fingerprint density at radius 2 is 2.33 bits per heavy atom. The molecule has 5 nitrogen and oxygen atoms in total. The maximum absolute atomic E-state index is 11.1. The third kappa shape index (κ3) is 6.54. The average molecular weight is 238 g/mol. The summed E-state index contributed by atoms with van der Waals surface area (Å²) in [5, 5.41) is 9.15. The number of carbonyl (C=O) groups excluding carboxylic acids is 1. The third-order valence-corrected chi connectivity index (χ3v) is 2.06. The van der Waals surface area contributed by atoms with Crippen molar-refractivity contribution in [3.63, 3.8) is 0 Å². The van der Waals surface area contributed by atoms with Crippen LogP contribution in [0.2, 0.25) is 0 Å². The summed E-state index contributed by atoms with van der Waals surface area (Å²) >= 11 is 0. The zero-order valence-corrected chi connectivity index (χ0v) is 9.86. The van der Waals surface area contributed by atoms with Crippen molar-refractivity contribution in [2.75, 3.05) is 32.8 Å². The van der Waals surface area contributed by atoms with Gasteiger partial charge < -0.3 is 20.7 Å². The first-order valence-corrected chi connectivity index (χ1v) is 5.17. The number of alkyl carbamates (subject to hydrolysis) is 1. The number of nitrogens with one attached hydrogen (secondary N) is 3. The van der Waals surface area contributed by atoms with Gasteiger partial charge >= 0.3 is 6.09 Å². The molecule has 0 aromatic heterocycles. The van der Waals surface area contributed by atoms with Crippen LogP contribution >= 0.6 is 12.4 Å². The molecule has 1 aliphatic rings. The summed E-state index contributed by atoms with van der Waals surface area (Å²) in [5.74, 6) is 0. The Balaban J connectivity index is 0.00000196. The van der Waals surface area contributed by atoms with Crippen LogP contribution in [0.15, 0.2) is 0 Å². The molecule has 6 heteroatoms. The highest BCUT2D eigenvalue weighted by Gasteiger charge is 2.13. The molecule has 1 atom stereocenters. The van der Waals surface area contributed by atoms with Crippen molar-refractivity contribution < 1.29 is 9.53 Å². The second kappa shape index (κ2) is 8.76. The van der Waals surface area contributed by atoms with Gasteiger partial charge in [0.2, 0.25) is 0 Å². The number of halogens is 1. The van der Waals surface area contributed by atoms with Crippen LogP contribution in [0, 0.1) is 0 Å². The van der Waals surface area contributed by atoms with E-state index in [1.54, 1.807) is 0 Å².